The molecule has 14 heteroatoms. The van der Waals surface area contributed by atoms with Crippen LogP contribution in [0.1, 0.15) is 20.8 Å². The number of hydrogen-bond donors (Lipinski definition) is 5. The number of thiophene rings is 1. The number of aromatic nitrogens is 1. The summed E-state index contributed by atoms with van der Waals surface area (Å²) in [5.41, 5.74) is 3.09. The number of nitrogens with one attached hydrogen (secondary N) is 4. The summed E-state index contributed by atoms with van der Waals surface area (Å²) < 4.78 is 15.4. The molecule has 0 aliphatic carbocycles. The van der Waals surface area contributed by atoms with E-state index in [4.69, 9.17) is 26.4 Å². The first-order chi connectivity index (χ1) is 21.2. The number of rotatable bonds is 14. The quantitative estimate of drug-likeness (QED) is 0.0745. The molecule has 5 N–H and O–H groups in total. The van der Waals surface area contributed by atoms with Crippen LogP contribution in [0, 0.1) is 0 Å². The number of ether oxygens (including phenoxy) is 3. The van der Waals surface area contributed by atoms with Crippen molar-refractivity contribution >= 4 is 78.1 Å². The van der Waals surface area contributed by atoms with Crippen molar-refractivity contribution in [3.63, 3.8) is 0 Å². The third kappa shape index (κ3) is 8.50. The number of carboxylic acids is 1. The van der Waals surface area contributed by atoms with Crippen LogP contribution >= 0.6 is 23.6 Å². The number of carbonyl (C=O) groups excluding carboxylic acids is 2. The molecule has 0 bridgehead atoms. The molecular weight excluding hydrogens is 671 g/mol. The number of methoxy groups -OCH3 is 3. The number of anilines is 1. The Hall–Kier alpha value is -4.10. The molecule has 1 amide bonds. The van der Waals surface area contributed by atoms with Crippen molar-refractivity contribution in [2.45, 2.75) is 29.1 Å². The molecule has 2 heterocycles. The van der Waals surface area contributed by atoms with Crippen LogP contribution in [-0.4, -0.2) is 81.4 Å². The van der Waals surface area contributed by atoms with Gasteiger partial charge in [-0.05, 0) is 0 Å². The van der Waals surface area contributed by atoms with Crippen molar-refractivity contribution in [2.24, 2.45) is 0 Å². The molecular formula is C30H32N4O7S2Se. The average molecular weight is 704 g/mol. The summed E-state index contributed by atoms with van der Waals surface area (Å²) in [4.78, 5) is 41.5. The van der Waals surface area contributed by atoms with E-state index in [1.165, 1.54) is 18.4 Å². The fraction of sp³-hybridized carbons (Fsp3) is 0.267. The molecule has 0 unspecified atom stereocenters. The van der Waals surface area contributed by atoms with Crippen LogP contribution in [0.5, 0.6) is 11.5 Å². The fourth-order valence-electron chi connectivity index (χ4n) is 4.32. The van der Waals surface area contributed by atoms with Crippen molar-refractivity contribution in [3.8, 4) is 11.5 Å². The number of carboxylic acid groups (broad SMARTS) is 1. The van der Waals surface area contributed by atoms with Crippen molar-refractivity contribution in [2.75, 3.05) is 26.6 Å². The van der Waals surface area contributed by atoms with Gasteiger partial charge in [0, 0.05) is 0 Å². The predicted octanol–water partition coefficient (Wildman–Crippen LogP) is 3.82. The third-order valence-electron chi connectivity index (χ3n) is 6.63. The monoisotopic (exact) mass is 704 g/mol. The number of esters is 1. The van der Waals surface area contributed by atoms with Crippen LogP contribution in [0.3, 0.4) is 0 Å². The van der Waals surface area contributed by atoms with Crippen LogP contribution in [0.25, 0.3) is 10.9 Å². The molecule has 4 aromatic rings. The van der Waals surface area contributed by atoms with Crippen molar-refractivity contribution in [1.29, 1.82) is 0 Å². The molecule has 2 aromatic heterocycles. The fourth-order valence-corrected chi connectivity index (χ4v) is 7.47. The average Bonchev–Trinajstić information content (AvgIpc) is 3.66. The molecule has 11 nitrogen and oxygen atoms in total. The van der Waals surface area contributed by atoms with Gasteiger partial charge in [-0.2, -0.15) is 0 Å². The Balaban J connectivity index is 1.48. The van der Waals surface area contributed by atoms with Gasteiger partial charge in [0.05, 0.1) is 0 Å². The zero-order valence-corrected chi connectivity index (χ0v) is 27.5. The van der Waals surface area contributed by atoms with E-state index in [1.54, 1.807) is 31.9 Å². The summed E-state index contributed by atoms with van der Waals surface area (Å²) in [6.45, 7) is 0. The summed E-state index contributed by atoms with van der Waals surface area (Å²) in [6.07, 6.45) is 1.79. The van der Waals surface area contributed by atoms with Crippen LogP contribution < -0.4 is 25.4 Å². The SMILES string of the molecule is COC(=O)c1sccc1NC(=S)N[C@@H](C[Se]Cc1ccc(OC)cc1)C(=O)N[C@@H](Cc1c[nH]c2ccc(OC)cc12)C(=O)O. The number of fused-ring (bicyclic) bond motifs is 1. The van der Waals surface area contributed by atoms with E-state index in [0.29, 0.717) is 21.6 Å². The Bertz CT molecular complexity index is 1620. The van der Waals surface area contributed by atoms with Gasteiger partial charge in [-0.1, -0.05) is 0 Å². The Labute approximate surface area is 269 Å². The van der Waals surface area contributed by atoms with E-state index in [9.17, 15) is 19.5 Å². The number of carbonyl (C=O) groups is 3. The van der Waals surface area contributed by atoms with Gasteiger partial charge in [0.25, 0.3) is 0 Å². The van der Waals surface area contributed by atoms with E-state index >= 15 is 0 Å². The van der Waals surface area contributed by atoms with Gasteiger partial charge in [0.15, 0.2) is 0 Å². The van der Waals surface area contributed by atoms with Gasteiger partial charge in [0.1, 0.15) is 0 Å². The Kier molecular flexibility index (Phi) is 11.6. The molecule has 0 fully saturated rings. The minimum atomic E-state index is -1.20. The van der Waals surface area contributed by atoms with Crippen molar-refractivity contribution in [1.82, 2.24) is 15.6 Å². The first kappa shape index (κ1) is 32.8. The minimum absolute atomic E-state index is 0.0507. The zero-order chi connectivity index (χ0) is 31.6. The molecule has 0 aliphatic rings. The van der Waals surface area contributed by atoms with Crippen molar-refractivity contribution < 1.29 is 33.7 Å². The van der Waals surface area contributed by atoms with Crippen LogP contribution in [0.15, 0.2) is 60.1 Å². The van der Waals surface area contributed by atoms with E-state index in [2.05, 4.69) is 20.9 Å². The van der Waals surface area contributed by atoms with Crippen LogP contribution in [0.2, 0.25) is 5.32 Å². The molecule has 0 spiro atoms. The summed E-state index contributed by atoms with van der Waals surface area (Å²) in [7, 11) is 4.46. The first-order valence-electron chi connectivity index (χ1n) is 13.3. The first-order valence-corrected chi connectivity index (χ1v) is 17.0. The van der Waals surface area contributed by atoms with E-state index < -0.39 is 29.9 Å². The molecule has 4 rings (SSSR count). The molecule has 0 saturated carbocycles. The summed E-state index contributed by atoms with van der Waals surface area (Å²) in [6, 6.07) is 12.8. The number of hydrogen-bond acceptors (Lipinski definition) is 8. The van der Waals surface area contributed by atoms with Gasteiger partial charge in [0.2, 0.25) is 0 Å². The van der Waals surface area contributed by atoms with Gasteiger partial charge in [-0.25, -0.2) is 0 Å². The second-order valence-corrected chi connectivity index (χ2v) is 13.0. The van der Waals surface area contributed by atoms with Gasteiger partial charge in [-0.15, -0.1) is 0 Å². The molecule has 0 aliphatic heterocycles. The normalized spacial score (nSPS) is 12.2. The molecule has 0 radical (unpaired) electrons. The van der Waals surface area contributed by atoms with Gasteiger partial charge in [-0.3, -0.25) is 0 Å². The molecule has 2 aromatic carbocycles. The van der Waals surface area contributed by atoms with Crippen LogP contribution in [0.4, 0.5) is 5.69 Å². The summed E-state index contributed by atoms with van der Waals surface area (Å²) >= 11 is 6.64. The number of amides is 1. The number of benzene rings is 2. The van der Waals surface area contributed by atoms with E-state index in [-0.39, 0.29) is 26.5 Å². The Morgan fingerprint density at radius 3 is 2.41 bits per heavy atom. The summed E-state index contributed by atoms with van der Waals surface area (Å²) in [5.74, 6) is -0.792. The van der Waals surface area contributed by atoms with Crippen molar-refractivity contribution in [3.05, 3.63) is 76.1 Å². The number of aromatic amines is 1. The van der Waals surface area contributed by atoms with Gasteiger partial charge >= 0.3 is 271 Å². The van der Waals surface area contributed by atoms with Crippen LogP contribution in [-0.2, 0) is 26.1 Å². The third-order valence-corrected chi connectivity index (χ3v) is 10.1. The molecule has 232 valence electrons. The molecule has 44 heavy (non-hydrogen) atoms. The van der Waals surface area contributed by atoms with E-state index in [0.717, 1.165) is 33.1 Å². The Morgan fingerprint density at radius 1 is 1.00 bits per heavy atom. The maximum absolute atomic E-state index is 13.6. The second-order valence-electron chi connectivity index (χ2n) is 9.50. The molecule has 0 saturated heterocycles. The molecule has 2 atom stereocenters. The second kappa shape index (κ2) is 15.6. The zero-order valence-electron chi connectivity index (χ0n) is 24.2. The maximum atomic E-state index is 13.6. The van der Waals surface area contributed by atoms with Gasteiger partial charge < -0.3 is 0 Å². The predicted molar refractivity (Wildman–Crippen MR) is 174 cm³/mol. The topological polar surface area (TPSA) is 151 Å². The number of H-pyrrole nitrogens is 1. The van der Waals surface area contributed by atoms with E-state index in [1.807, 2.05) is 42.5 Å². The standard InChI is InChI=1S/C30H32N4O7S2Se/c1-39-19-6-4-17(5-7-19)15-44-16-25(34-30(42)33-23-10-11-43-26(23)29(38)41-3)27(35)32-24(28(36)37)12-18-14-31-22-9-8-20(40-2)13-21(18)22/h4-11,13-14,24-25,31H,12,15-16H2,1-3H3,(H,32,35)(H,36,37)(H2,33,34,42)/t24-,25-/m0/s1. The number of thiocarbonyl (C=S) groups is 1. The number of aliphatic carboxylic acids is 1. The summed E-state index contributed by atoms with van der Waals surface area (Å²) in [5, 5.41) is 22.5. The Morgan fingerprint density at radius 2 is 1.73 bits per heavy atom.